The number of fused-ring (bicyclic) bond motifs is 4. The number of amides is 2. The lowest BCUT2D eigenvalue weighted by Crippen LogP contribution is -2.56. The second kappa shape index (κ2) is 10.2. The van der Waals surface area contributed by atoms with E-state index in [0.29, 0.717) is 19.6 Å². The van der Waals surface area contributed by atoms with Gasteiger partial charge in [0.1, 0.15) is 12.4 Å². The number of likely N-dealkylation sites (tertiary alicyclic amines) is 1. The molecule has 0 saturated carbocycles. The predicted molar refractivity (Wildman–Crippen MR) is 141 cm³/mol. The second-order valence-corrected chi connectivity index (χ2v) is 10.2. The Hall–Kier alpha value is -3.36. The number of nitrogens with zero attached hydrogens (tertiary/aromatic N) is 3. The van der Waals surface area contributed by atoms with Crippen LogP contribution in [0.2, 0.25) is 0 Å². The first-order valence-corrected chi connectivity index (χ1v) is 12.8. The lowest BCUT2D eigenvalue weighted by atomic mass is 9.68. The zero-order valence-corrected chi connectivity index (χ0v) is 21.8. The first-order chi connectivity index (χ1) is 17.9. The minimum Gasteiger partial charge on any atom is -0.497 e. The van der Waals surface area contributed by atoms with Gasteiger partial charge in [-0.05, 0) is 36.1 Å². The molecule has 3 heterocycles. The van der Waals surface area contributed by atoms with Crippen molar-refractivity contribution in [3.05, 3.63) is 65.4 Å². The van der Waals surface area contributed by atoms with Crippen LogP contribution in [0.15, 0.2) is 48.5 Å². The molecule has 5 rings (SSSR count). The molecule has 1 fully saturated rings. The standard InChI is InChI=1S/C29H35N3O5/c1-30-23-16-21(37-3)9-10-22(23)27-28(30)24(17-33)32(25(34)15-20-7-5-4-6-8-20)19-29(27)11-13-31(14-12-29)26(35)18-36-2/h4-10,16,24,33H,11-15,17-19H2,1-3H3/t24-/m1/s1. The van der Waals surface area contributed by atoms with Crippen molar-refractivity contribution in [1.82, 2.24) is 14.4 Å². The molecule has 1 saturated heterocycles. The Balaban J connectivity index is 1.60. The smallest absolute Gasteiger partial charge is 0.248 e. The van der Waals surface area contributed by atoms with Crippen LogP contribution in [0.3, 0.4) is 0 Å². The van der Waals surface area contributed by atoms with Crippen LogP contribution in [-0.4, -0.2) is 78.4 Å². The molecule has 8 heteroatoms. The van der Waals surface area contributed by atoms with E-state index in [2.05, 4.69) is 10.6 Å². The Kier molecular flexibility index (Phi) is 6.96. The Morgan fingerprint density at radius 2 is 1.78 bits per heavy atom. The van der Waals surface area contributed by atoms with Gasteiger partial charge in [-0.1, -0.05) is 30.3 Å². The first kappa shape index (κ1) is 25.3. The molecule has 1 spiro atoms. The molecule has 1 aromatic heterocycles. The molecule has 37 heavy (non-hydrogen) atoms. The van der Waals surface area contributed by atoms with Gasteiger partial charge in [0.15, 0.2) is 0 Å². The van der Waals surface area contributed by atoms with Crippen LogP contribution in [0.5, 0.6) is 5.75 Å². The zero-order valence-electron chi connectivity index (χ0n) is 21.8. The summed E-state index contributed by atoms with van der Waals surface area (Å²) in [5.74, 6) is 0.745. The number of rotatable bonds is 6. The lowest BCUT2D eigenvalue weighted by Gasteiger charge is -2.50. The molecule has 0 aliphatic carbocycles. The summed E-state index contributed by atoms with van der Waals surface area (Å²) in [6, 6.07) is 15.4. The molecular formula is C29H35N3O5. The number of aryl methyl sites for hydroxylation is 1. The fourth-order valence-corrected chi connectivity index (χ4v) is 6.30. The number of aromatic nitrogens is 1. The highest BCUT2D eigenvalue weighted by Crippen LogP contribution is 2.50. The van der Waals surface area contributed by atoms with Crippen LogP contribution in [0.25, 0.3) is 10.9 Å². The summed E-state index contributed by atoms with van der Waals surface area (Å²) in [7, 11) is 5.19. The van der Waals surface area contributed by atoms with Crippen molar-refractivity contribution < 1.29 is 24.2 Å². The summed E-state index contributed by atoms with van der Waals surface area (Å²) < 4.78 is 12.7. The molecular weight excluding hydrogens is 470 g/mol. The van der Waals surface area contributed by atoms with E-state index in [9.17, 15) is 14.7 Å². The summed E-state index contributed by atoms with van der Waals surface area (Å²) in [5.41, 5.74) is 3.79. The molecule has 8 nitrogen and oxygen atoms in total. The maximum atomic E-state index is 13.8. The first-order valence-electron chi connectivity index (χ1n) is 12.8. The van der Waals surface area contributed by atoms with Gasteiger partial charge in [0.05, 0.1) is 31.7 Å². The third kappa shape index (κ3) is 4.38. The highest BCUT2D eigenvalue weighted by Gasteiger charge is 2.49. The van der Waals surface area contributed by atoms with Gasteiger partial charge in [-0.3, -0.25) is 9.59 Å². The van der Waals surface area contributed by atoms with Crippen molar-refractivity contribution >= 4 is 22.7 Å². The van der Waals surface area contributed by atoms with Crippen molar-refractivity contribution in [1.29, 1.82) is 0 Å². The van der Waals surface area contributed by atoms with Gasteiger partial charge in [0.2, 0.25) is 11.8 Å². The van der Waals surface area contributed by atoms with E-state index in [4.69, 9.17) is 9.47 Å². The van der Waals surface area contributed by atoms with E-state index in [-0.39, 0.29) is 36.9 Å². The summed E-state index contributed by atoms with van der Waals surface area (Å²) in [6.07, 6.45) is 1.74. The van der Waals surface area contributed by atoms with Crippen LogP contribution in [0.1, 0.15) is 35.7 Å². The summed E-state index contributed by atoms with van der Waals surface area (Å²) >= 11 is 0. The highest BCUT2D eigenvalue weighted by atomic mass is 16.5. The molecule has 0 unspecified atom stereocenters. The SMILES string of the molecule is COCC(=O)N1CCC2(CC1)CN(C(=O)Cc1ccccc1)[C@H](CO)c1c2c2ccc(OC)cc2n1C. The van der Waals surface area contributed by atoms with Gasteiger partial charge in [-0.15, -0.1) is 0 Å². The fraction of sp³-hybridized carbons (Fsp3) is 0.448. The van der Waals surface area contributed by atoms with E-state index >= 15 is 0 Å². The number of benzene rings is 2. The summed E-state index contributed by atoms with van der Waals surface area (Å²) in [5, 5.41) is 11.7. The van der Waals surface area contributed by atoms with E-state index < -0.39 is 6.04 Å². The fourth-order valence-electron chi connectivity index (χ4n) is 6.30. The quantitative estimate of drug-likeness (QED) is 0.557. The number of carbonyl (C=O) groups excluding carboxylic acids is 2. The highest BCUT2D eigenvalue weighted by molar-refractivity contribution is 5.90. The van der Waals surface area contributed by atoms with Crippen molar-refractivity contribution in [2.75, 3.05) is 47.1 Å². The molecule has 3 aromatic rings. The van der Waals surface area contributed by atoms with E-state index in [1.807, 2.05) is 59.3 Å². The molecule has 1 N–H and O–H groups in total. The third-order valence-electron chi connectivity index (χ3n) is 8.18. The van der Waals surface area contributed by atoms with Crippen LogP contribution >= 0.6 is 0 Å². The van der Waals surface area contributed by atoms with Gasteiger partial charge in [0, 0.05) is 56.4 Å². The number of hydrogen-bond acceptors (Lipinski definition) is 5. The summed E-state index contributed by atoms with van der Waals surface area (Å²) in [4.78, 5) is 30.1. The molecule has 2 aliphatic heterocycles. The van der Waals surface area contributed by atoms with Gasteiger partial charge in [-0.25, -0.2) is 0 Å². The van der Waals surface area contributed by atoms with Gasteiger partial charge in [0.25, 0.3) is 0 Å². The number of aliphatic hydroxyl groups is 1. The lowest BCUT2D eigenvalue weighted by molar-refractivity contribution is -0.140. The number of hydrogen-bond donors (Lipinski definition) is 1. The third-order valence-corrected chi connectivity index (χ3v) is 8.18. The molecule has 0 radical (unpaired) electrons. The van der Waals surface area contributed by atoms with Crippen molar-refractivity contribution in [2.45, 2.75) is 30.7 Å². The maximum Gasteiger partial charge on any atom is 0.248 e. The normalized spacial score (nSPS) is 18.8. The number of piperidine rings is 1. The number of aliphatic hydroxyl groups excluding tert-OH is 1. The summed E-state index contributed by atoms with van der Waals surface area (Å²) in [6.45, 7) is 1.61. The van der Waals surface area contributed by atoms with Crippen molar-refractivity contribution in [3.63, 3.8) is 0 Å². The van der Waals surface area contributed by atoms with Gasteiger partial charge in [-0.2, -0.15) is 0 Å². The number of ether oxygens (including phenoxy) is 2. The monoisotopic (exact) mass is 505 g/mol. The maximum absolute atomic E-state index is 13.8. The molecule has 1 atom stereocenters. The van der Waals surface area contributed by atoms with E-state index in [1.54, 1.807) is 7.11 Å². The average Bonchev–Trinajstić information content (AvgIpc) is 3.22. The molecule has 0 bridgehead atoms. The molecule has 196 valence electrons. The van der Waals surface area contributed by atoms with Crippen molar-refractivity contribution in [2.24, 2.45) is 7.05 Å². The second-order valence-electron chi connectivity index (χ2n) is 10.2. The Morgan fingerprint density at radius 3 is 2.43 bits per heavy atom. The molecule has 2 aliphatic rings. The Labute approximate surface area is 217 Å². The molecule has 2 aromatic carbocycles. The van der Waals surface area contributed by atoms with Crippen LogP contribution < -0.4 is 4.74 Å². The average molecular weight is 506 g/mol. The van der Waals surface area contributed by atoms with E-state index in [0.717, 1.165) is 40.8 Å². The topological polar surface area (TPSA) is 84.2 Å². The Morgan fingerprint density at radius 1 is 1.05 bits per heavy atom. The van der Waals surface area contributed by atoms with Crippen LogP contribution in [0.4, 0.5) is 0 Å². The largest absolute Gasteiger partial charge is 0.497 e. The van der Waals surface area contributed by atoms with Gasteiger partial charge >= 0.3 is 0 Å². The Bertz CT molecular complexity index is 1290. The zero-order chi connectivity index (χ0) is 26.2. The van der Waals surface area contributed by atoms with Crippen LogP contribution in [0, 0.1) is 0 Å². The minimum absolute atomic E-state index is 0.00370. The number of carbonyl (C=O) groups is 2. The van der Waals surface area contributed by atoms with Crippen LogP contribution in [-0.2, 0) is 33.2 Å². The van der Waals surface area contributed by atoms with Crippen molar-refractivity contribution in [3.8, 4) is 5.75 Å². The molecule has 2 amide bonds. The minimum atomic E-state index is -0.451. The van der Waals surface area contributed by atoms with E-state index in [1.165, 1.54) is 12.7 Å². The van der Waals surface area contributed by atoms with Gasteiger partial charge < -0.3 is 28.9 Å². The number of methoxy groups -OCH3 is 2. The predicted octanol–water partition coefficient (Wildman–Crippen LogP) is 2.81.